The van der Waals surface area contributed by atoms with Crippen LogP contribution < -0.4 is 29.0 Å². The molecular weight excluding hydrogens is 1490 g/mol. The van der Waals surface area contributed by atoms with Gasteiger partial charge < -0.3 is 43.2 Å². The van der Waals surface area contributed by atoms with Crippen molar-refractivity contribution in [3.8, 4) is 39.9 Å². The highest BCUT2D eigenvalue weighted by molar-refractivity contribution is 7.00. The summed E-state index contributed by atoms with van der Waals surface area (Å²) in [6.07, 6.45) is 22.6. The van der Waals surface area contributed by atoms with Crippen molar-refractivity contribution in [1.82, 2.24) is 43.4 Å². The number of aromatic nitrogens is 6. The lowest BCUT2D eigenvalue weighted by Crippen LogP contribution is -2.47. The van der Waals surface area contributed by atoms with Gasteiger partial charge in [-0.3, -0.25) is 48.8 Å². The summed E-state index contributed by atoms with van der Waals surface area (Å²) in [5.74, 6) is 2.69. The highest BCUT2D eigenvalue weighted by Crippen LogP contribution is 2.43. The average molecular weight is 1580 g/mol. The second-order valence-electron chi connectivity index (χ2n) is 28.0. The van der Waals surface area contributed by atoms with Gasteiger partial charge in [-0.15, -0.1) is 0 Å². The number of pyridine rings is 4. The molecule has 2 atom stereocenters. The van der Waals surface area contributed by atoms with E-state index in [1.54, 1.807) is 26.4 Å². The van der Waals surface area contributed by atoms with Crippen molar-refractivity contribution in [3.05, 3.63) is 260 Å². The van der Waals surface area contributed by atoms with Gasteiger partial charge in [0.25, 0.3) is 23.6 Å². The zero-order chi connectivity index (χ0) is 79.1. The fourth-order valence-corrected chi connectivity index (χ4v) is 15.9. The minimum atomic E-state index is -0.460. The van der Waals surface area contributed by atoms with Crippen LogP contribution in [0.25, 0.3) is 44.0 Å². The SMILES string of the molecule is CCOc1cc(C(CC)N2C(=O)C3=C(CCCC3)C2=O)ccc1OC.COc1ccc(C(=O)Nc2c(Cl)cncc2Cl)c2cc(C(C)=O)oc12.COc1ccc(C(Cc2ccncc2)c2ccc(C(=O)N3CCN(C)CC3)cc2)cc1OC1CCCC1.c1cnc2c(-c3cccc4nsnc34)cc(Cc3ccncc3)cc2c1. The van der Waals surface area contributed by atoms with Gasteiger partial charge in [0, 0.05) is 121 Å². The van der Waals surface area contributed by atoms with Gasteiger partial charge in [-0.2, -0.15) is 8.75 Å². The van der Waals surface area contributed by atoms with Crippen LogP contribution in [-0.2, 0) is 22.4 Å². The van der Waals surface area contributed by atoms with E-state index < -0.39 is 5.91 Å². The van der Waals surface area contributed by atoms with Crippen LogP contribution >= 0.6 is 34.9 Å². The Kier molecular flexibility index (Phi) is 26.3. The second kappa shape index (κ2) is 37.3. The van der Waals surface area contributed by atoms with E-state index in [-0.39, 0.29) is 68.6 Å². The number of amides is 4. The van der Waals surface area contributed by atoms with Crippen molar-refractivity contribution in [2.45, 2.75) is 109 Å². The number of methoxy groups -OCH3 is 3. The van der Waals surface area contributed by atoms with E-state index in [0.717, 1.165) is 144 Å². The highest BCUT2D eigenvalue weighted by Gasteiger charge is 2.43. The van der Waals surface area contributed by atoms with Crippen LogP contribution in [-0.4, -0.2) is 140 Å². The van der Waals surface area contributed by atoms with Gasteiger partial charge in [0.05, 0.1) is 78.6 Å². The summed E-state index contributed by atoms with van der Waals surface area (Å²) < 4.78 is 42.7. The quantitative estimate of drug-likeness (QED) is 0.0519. The fourth-order valence-electron chi connectivity index (χ4n) is 14.9. The van der Waals surface area contributed by atoms with Crippen molar-refractivity contribution in [2.24, 2.45) is 0 Å². The lowest BCUT2D eigenvalue weighted by molar-refractivity contribution is -0.140. The van der Waals surface area contributed by atoms with Crippen molar-refractivity contribution < 1.29 is 52.1 Å². The molecule has 24 heteroatoms. The third-order valence-corrected chi connectivity index (χ3v) is 21.9. The summed E-state index contributed by atoms with van der Waals surface area (Å²) in [6.45, 7) is 9.19. The number of likely N-dealkylation sites (N-methyl/N-ethyl adjacent to an activating group) is 1. The van der Waals surface area contributed by atoms with Gasteiger partial charge in [0.1, 0.15) is 11.0 Å². The van der Waals surface area contributed by atoms with E-state index in [1.807, 2.05) is 104 Å². The number of halogens is 2. The molecule has 0 spiro atoms. The number of hydrogen-bond donors (Lipinski definition) is 1. The molecule has 2 aliphatic carbocycles. The first-order chi connectivity index (χ1) is 55.0. The van der Waals surface area contributed by atoms with Crippen molar-refractivity contribution >= 4 is 103 Å². The number of carbonyl (C=O) groups is 5. The maximum atomic E-state index is 13.1. The normalized spacial score (nSPS) is 14.8. The summed E-state index contributed by atoms with van der Waals surface area (Å²) in [4.78, 5) is 85.5. The topological polar surface area (TPSA) is 244 Å². The van der Waals surface area contributed by atoms with E-state index >= 15 is 0 Å². The number of Topliss-reactive ketones (excluding diaryl/α,β-unsaturated/α-hetero) is 1. The number of hydrogen-bond acceptors (Lipinski definition) is 19. The summed E-state index contributed by atoms with van der Waals surface area (Å²) >= 11 is 13.3. The van der Waals surface area contributed by atoms with Crippen LogP contribution in [0.2, 0.25) is 10.0 Å². The Hall–Kier alpha value is -11.4. The Morgan fingerprint density at radius 2 is 1.26 bits per heavy atom. The molecule has 6 aromatic heterocycles. The monoisotopic (exact) mass is 1570 g/mol. The first-order valence-corrected chi connectivity index (χ1v) is 39.4. The molecule has 580 valence electrons. The number of carbonyl (C=O) groups excluding carboxylic acids is 5. The largest absolute Gasteiger partial charge is 0.493 e. The Labute approximate surface area is 670 Å². The number of nitrogens with one attached hydrogen (secondary N) is 1. The van der Waals surface area contributed by atoms with E-state index in [2.05, 4.69) is 119 Å². The first kappa shape index (κ1) is 79.6. The van der Waals surface area contributed by atoms with Crippen LogP contribution in [0.1, 0.15) is 155 Å². The van der Waals surface area contributed by atoms with Crippen LogP contribution in [0.5, 0.6) is 28.7 Å². The van der Waals surface area contributed by atoms with E-state index in [4.69, 9.17) is 51.3 Å². The molecule has 0 bridgehead atoms. The van der Waals surface area contributed by atoms with Crippen LogP contribution in [0, 0.1) is 0 Å². The van der Waals surface area contributed by atoms with Gasteiger partial charge in [0.2, 0.25) is 0 Å². The predicted octanol–water partition coefficient (Wildman–Crippen LogP) is 18.4. The number of ketones is 1. The zero-order valence-electron chi connectivity index (χ0n) is 64.1. The standard InChI is InChI=1S/C31H37N3O3.C21H14N4S.C20H25NO4.C17H12Cl2N2O4/c1-33-17-19-34(20-18-33)31(35)25-9-7-24(8-10-25)28(21-23-13-15-32-16-14-23)26-11-12-29(36-2)30(22-26)37-27-5-3-4-6-27;1-4-17(21-19(5-1)24-26-25-21)18-13-15(11-14-6-9-22-10-7-14)12-16-3-2-8-23-20(16)18;1-4-16(13-10-11-17(24-3)18(12-13)25-5-2)21-19(22)14-8-6-7-9-15(14)20(21)23;1-8(22)14-5-10-9(3-4-13(24-2)16(10)25-14)17(23)21-15-11(18)6-20-7-12(15)19/h7-16,22,27-28H,3-6,17-21H2,1-2H3;1-10,12-13H,11H2;10-12,16H,4-9H2,1-3H3;3-7H,1-2H3,(H,20,21,23). The number of benzene rings is 6. The maximum Gasteiger partial charge on any atom is 0.257 e. The number of furan rings is 1. The van der Waals surface area contributed by atoms with Crippen molar-refractivity contribution in [3.63, 3.8) is 0 Å². The molecule has 0 radical (unpaired) electrons. The van der Waals surface area contributed by atoms with Crippen LogP contribution in [0.15, 0.2) is 205 Å². The Morgan fingerprint density at radius 1 is 0.619 bits per heavy atom. The molecule has 2 unspecified atom stereocenters. The third kappa shape index (κ3) is 18.5. The first-order valence-electron chi connectivity index (χ1n) is 37.9. The third-order valence-electron chi connectivity index (χ3n) is 20.8. The number of nitrogens with zero attached hydrogens (tertiary/aromatic N) is 9. The number of ether oxygens (including phenoxy) is 5. The fraction of sp³-hybridized carbons (Fsp3) is 0.292. The van der Waals surface area contributed by atoms with Gasteiger partial charge in [-0.1, -0.05) is 72.6 Å². The summed E-state index contributed by atoms with van der Waals surface area (Å²) in [6, 6.07) is 47.4. The second-order valence-corrected chi connectivity index (χ2v) is 29.4. The highest BCUT2D eigenvalue weighted by atomic mass is 35.5. The van der Waals surface area contributed by atoms with E-state index in [0.29, 0.717) is 41.2 Å². The number of imide groups is 1. The number of fused-ring (bicyclic) bond motifs is 3. The number of piperazine rings is 1. The van der Waals surface area contributed by atoms with Gasteiger partial charge in [-0.05, 0) is 221 Å². The molecule has 12 aromatic rings. The lowest BCUT2D eigenvalue weighted by Gasteiger charge is -2.32. The summed E-state index contributed by atoms with van der Waals surface area (Å²) in [5.41, 5.74) is 15.0. The lowest BCUT2D eigenvalue weighted by atomic mass is 9.85. The van der Waals surface area contributed by atoms with Crippen molar-refractivity contribution in [2.75, 3.05) is 66.5 Å². The van der Waals surface area contributed by atoms with Gasteiger partial charge in [-0.25, -0.2) is 0 Å². The van der Waals surface area contributed by atoms with Gasteiger partial charge in [0.15, 0.2) is 45.9 Å². The summed E-state index contributed by atoms with van der Waals surface area (Å²) in [5, 5.41) is 4.65. The molecule has 16 rings (SSSR count). The smallest absolute Gasteiger partial charge is 0.257 e. The molecule has 1 N–H and O–H groups in total. The number of rotatable bonds is 21. The maximum absolute atomic E-state index is 13.1. The molecule has 1 saturated heterocycles. The molecule has 113 heavy (non-hydrogen) atoms. The molecule has 8 heterocycles. The van der Waals surface area contributed by atoms with Gasteiger partial charge >= 0.3 is 0 Å². The minimum Gasteiger partial charge on any atom is -0.493 e. The predicted molar refractivity (Wildman–Crippen MR) is 440 cm³/mol. The Bertz CT molecular complexity index is 5390. The van der Waals surface area contributed by atoms with Crippen molar-refractivity contribution in [1.29, 1.82) is 0 Å². The molecule has 21 nitrogen and oxygen atoms in total. The molecule has 4 amide bonds. The Balaban J connectivity index is 0.000000134. The molecule has 6 aromatic carbocycles. The molecule has 1 saturated carbocycles. The van der Waals surface area contributed by atoms with Crippen LogP contribution in [0.4, 0.5) is 5.69 Å². The number of anilines is 1. The Morgan fingerprint density at radius 3 is 1.91 bits per heavy atom. The van der Waals surface area contributed by atoms with E-state index in [9.17, 15) is 24.0 Å². The molecular formula is C89H88Cl2N10O11S. The zero-order valence-corrected chi connectivity index (χ0v) is 66.5. The minimum absolute atomic E-state index is 0.104. The molecule has 4 aliphatic rings. The summed E-state index contributed by atoms with van der Waals surface area (Å²) in [7, 11) is 6.87. The van der Waals surface area contributed by atoms with Crippen LogP contribution in [0.3, 0.4) is 0 Å². The molecule has 2 aliphatic heterocycles. The molecule has 2 fully saturated rings. The van der Waals surface area contributed by atoms with E-state index in [1.165, 1.54) is 89.8 Å². The average Bonchev–Trinajstić information content (AvgIpc) is 1.67.